The molecule has 0 saturated heterocycles. The topological polar surface area (TPSA) is 89.5 Å². The molecule has 5 aromatic carbocycles. The maximum Gasteiger partial charge on any atom is 0.330 e. The first kappa shape index (κ1) is 31.7. The number of rotatable bonds is 16. The van der Waals surface area contributed by atoms with Gasteiger partial charge in [0.2, 0.25) is 0 Å². The van der Waals surface area contributed by atoms with Crippen molar-refractivity contribution in [3.8, 4) is 23.0 Å². The summed E-state index contributed by atoms with van der Waals surface area (Å²) in [6.45, 7) is 7.14. The van der Waals surface area contributed by atoms with Crippen LogP contribution in [0.15, 0.2) is 135 Å². The molecule has 8 nitrogen and oxygen atoms in total. The number of carbonyl (C=O) groups is 2. The number of fused-ring (bicyclic) bond motifs is 2. The van der Waals surface area contributed by atoms with E-state index in [1.807, 2.05) is 84.9 Å². The van der Waals surface area contributed by atoms with E-state index in [2.05, 4.69) is 13.2 Å². The summed E-state index contributed by atoms with van der Waals surface area (Å²) < 4.78 is 35.0. The Kier molecular flexibility index (Phi) is 10.9. The number of benzene rings is 5. The Balaban J connectivity index is 1.20. The summed E-state index contributed by atoms with van der Waals surface area (Å²) in [5.74, 6) is 1.13. The summed E-state index contributed by atoms with van der Waals surface area (Å²) in [6, 6.07) is 34.2. The fourth-order valence-electron chi connectivity index (χ4n) is 4.70. The van der Waals surface area contributed by atoms with Crippen molar-refractivity contribution in [1.82, 2.24) is 0 Å². The lowest BCUT2D eigenvalue weighted by molar-refractivity contribution is -0.146. The van der Waals surface area contributed by atoms with E-state index < -0.39 is 24.1 Å². The maximum absolute atomic E-state index is 12.0. The van der Waals surface area contributed by atoms with Gasteiger partial charge in [-0.25, -0.2) is 9.59 Å². The van der Waals surface area contributed by atoms with Gasteiger partial charge < -0.3 is 28.4 Å². The Morgan fingerprint density at radius 2 is 0.913 bits per heavy atom. The van der Waals surface area contributed by atoms with E-state index in [1.165, 1.54) is 0 Å². The molecule has 234 valence electrons. The highest BCUT2D eigenvalue weighted by Crippen LogP contribution is 2.27. The van der Waals surface area contributed by atoms with Crippen LogP contribution < -0.4 is 18.9 Å². The summed E-state index contributed by atoms with van der Waals surface area (Å²) in [5, 5.41) is 3.97. The van der Waals surface area contributed by atoms with Crippen molar-refractivity contribution in [2.45, 2.75) is 12.2 Å². The highest BCUT2D eigenvalue weighted by Gasteiger charge is 2.18. The van der Waals surface area contributed by atoms with Crippen LogP contribution in [-0.4, -0.2) is 50.6 Å². The predicted octanol–water partition coefficient (Wildman–Crippen LogP) is 7.10. The van der Waals surface area contributed by atoms with Gasteiger partial charge in [0.1, 0.15) is 49.4 Å². The standard InChI is InChI=1S/C38H34O8/c1-3-37(39)45-31(25-43-35-20-9-14-27-12-5-7-18-33(27)35)23-41-29-16-11-17-30(22-29)42-24-32(46-38(40)4-2)26-44-36-21-10-15-28-13-6-8-19-34(28)36/h3-22,31-32H,1-2,23-26H2. The predicted molar refractivity (Wildman–Crippen MR) is 176 cm³/mol. The average Bonchev–Trinajstić information content (AvgIpc) is 3.10. The molecule has 5 rings (SSSR count). The molecule has 0 amide bonds. The molecule has 0 N–H and O–H groups in total. The zero-order chi connectivity index (χ0) is 32.1. The van der Waals surface area contributed by atoms with Gasteiger partial charge in [0.05, 0.1) is 0 Å². The number of ether oxygens (including phenoxy) is 6. The van der Waals surface area contributed by atoms with Crippen LogP contribution in [0, 0.1) is 0 Å². The molecule has 0 saturated carbocycles. The van der Waals surface area contributed by atoms with Crippen molar-refractivity contribution >= 4 is 33.5 Å². The van der Waals surface area contributed by atoms with Gasteiger partial charge in [-0.1, -0.05) is 92.0 Å². The van der Waals surface area contributed by atoms with Crippen molar-refractivity contribution in [3.63, 3.8) is 0 Å². The molecule has 0 bridgehead atoms. The quantitative estimate of drug-likeness (QED) is 0.0855. The van der Waals surface area contributed by atoms with Gasteiger partial charge in [0.25, 0.3) is 0 Å². The number of hydrogen-bond acceptors (Lipinski definition) is 8. The zero-order valence-electron chi connectivity index (χ0n) is 25.2. The third kappa shape index (κ3) is 8.66. The van der Waals surface area contributed by atoms with E-state index in [4.69, 9.17) is 28.4 Å². The van der Waals surface area contributed by atoms with Gasteiger partial charge in [0, 0.05) is 29.0 Å². The van der Waals surface area contributed by atoms with Crippen LogP contribution in [0.4, 0.5) is 0 Å². The minimum atomic E-state index is -0.719. The van der Waals surface area contributed by atoms with E-state index in [0.29, 0.717) is 23.0 Å². The van der Waals surface area contributed by atoms with Crippen molar-refractivity contribution in [1.29, 1.82) is 0 Å². The van der Waals surface area contributed by atoms with Crippen molar-refractivity contribution < 1.29 is 38.0 Å². The zero-order valence-corrected chi connectivity index (χ0v) is 25.2. The molecule has 0 aliphatic rings. The molecular formula is C38H34O8. The van der Waals surface area contributed by atoms with Crippen LogP contribution in [0.25, 0.3) is 21.5 Å². The monoisotopic (exact) mass is 618 g/mol. The molecule has 0 aromatic heterocycles. The summed E-state index contributed by atoms with van der Waals surface area (Å²) >= 11 is 0. The molecule has 8 heteroatoms. The lowest BCUT2D eigenvalue weighted by atomic mass is 10.1. The van der Waals surface area contributed by atoms with Crippen molar-refractivity contribution in [2.24, 2.45) is 0 Å². The molecule has 0 fully saturated rings. The lowest BCUT2D eigenvalue weighted by Crippen LogP contribution is -2.31. The molecule has 0 aliphatic heterocycles. The van der Waals surface area contributed by atoms with Crippen LogP contribution in [-0.2, 0) is 19.1 Å². The summed E-state index contributed by atoms with van der Waals surface area (Å²) in [7, 11) is 0. The maximum atomic E-state index is 12.0. The number of esters is 2. The Bertz CT molecular complexity index is 1670. The molecule has 0 aliphatic carbocycles. The molecule has 2 unspecified atom stereocenters. The van der Waals surface area contributed by atoms with Crippen molar-refractivity contribution in [3.05, 3.63) is 135 Å². The molecule has 46 heavy (non-hydrogen) atoms. The van der Waals surface area contributed by atoms with Gasteiger partial charge in [-0.2, -0.15) is 0 Å². The third-order valence-electron chi connectivity index (χ3n) is 6.92. The Morgan fingerprint density at radius 1 is 0.522 bits per heavy atom. The largest absolute Gasteiger partial charge is 0.489 e. The Morgan fingerprint density at radius 3 is 1.37 bits per heavy atom. The minimum absolute atomic E-state index is 0.0201. The average molecular weight is 619 g/mol. The van der Waals surface area contributed by atoms with Gasteiger partial charge in [0.15, 0.2) is 12.2 Å². The normalized spacial score (nSPS) is 12.0. The summed E-state index contributed by atoms with van der Waals surface area (Å²) in [5.41, 5.74) is 0. The second-order valence-electron chi connectivity index (χ2n) is 10.2. The highest BCUT2D eigenvalue weighted by atomic mass is 16.6. The lowest BCUT2D eigenvalue weighted by Gasteiger charge is -2.20. The summed E-state index contributed by atoms with van der Waals surface area (Å²) in [6.07, 6.45) is 0.753. The van der Waals surface area contributed by atoms with Gasteiger partial charge in [-0.3, -0.25) is 0 Å². The van der Waals surface area contributed by atoms with Crippen molar-refractivity contribution in [2.75, 3.05) is 26.4 Å². The fourth-order valence-corrected chi connectivity index (χ4v) is 4.70. The van der Waals surface area contributed by atoms with Crippen LogP contribution >= 0.6 is 0 Å². The SMILES string of the molecule is C=CC(=O)OC(COc1cccc(OCC(COc2cccc3ccccc23)OC(=O)C=C)c1)COc1cccc2ccccc12. The van der Waals surface area contributed by atoms with E-state index in [1.54, 1.807) is 24.3 Å². The van der Waals surface area contributed by atoms with E-state index >= 15 is 0 Å². The minimum Gasteiger partial charge on any atom is -0.489 e. The first-order valence-corrected chi connectivity index (χ1v) is 14.8. The molecule has 2 atom stereocenters. The van der Waals surface area contributed by atoms with Crippen LogP contribution in [0.5, 0.6) is 23.0 Å². The third-order valence-corrected chi connectivity index (χ3v) is 6.92. The molecule has 5 aromatic rings. The van der Waals surface area contributed by atoms with Gasteiger partial charge in [-0.15, -0.1) is 0 Å². The van der Waals surface area contributed by atoms with E-state index in [0.717, 1.165) is 33.7 Å². The van der Waals surface area contributed by atoms with Crippen LogP contribution in [0.1, 0.15) is 0 Å². The fraction of sp³-hybridized carbons (Fsp3) is 0.158. The second kappa shape index (κ2) is 15.8. The molecule has 0 radical (unpaired) electrons. The Hall–Kier alpha value is -5.76. The van der Waals surface area contributed by atoms with E-state index in [9.17, 15) is 9.59 Å². The van der Waals surface area contributed by atoms with Gasteiger partial charge >= 0.3 is 11.9 Å². The van der Waals surface area contributed by atoms with Gasteiger partial charge in [-0.05, 0) is 35.0 Å². The van der Waals surface area contributed by atoms with Crippen LogP contribution in [0.3, 0.4) is 0 Å². The second-order valence-corrected chi connectivity index (χ2v) is 10.2. The first-order valence-electron chi connectivity index (χ1n) is 14.8. The molecule has 0 spiro atoms. The Labute approximate surface area is 267 Å². The first-order chi connectivity index (χ1) is 22.5. The molecule has 0 heterocycles. The van der Waals surface area contributed by atoms with E-state index in [-0.39, 0.29) is 26.4 Å². The number of hydrogen-bond donors (Lipinski definition) is 0. The van der Waals surface area contributed by atoms with Crippen LogP contribution in [0.2, 0.25) is 0 Å². The number of carbonyl (C=O) groups excluding carboxylic acids is 2. The smallest absolute Gasteiger partial charge is 0.330 e. The molecular weight excluding hydrogens is 584 g/mol. The summed E-state index contributed by atoms with van der Waals surface area (Å²) in [4.78, 5) is 24.1. The highest BCUT2D eigenvalue weighted by molar-refractivity contribution is 5.89.